The topological polar surface area (TPSA) is 30.5 Å². The first-order valence-electron chi connectivity index (χ1n) is 5.99. The van der Waals surface area contributed by atoms with Crippen molar-refractivity contribution in [2.45, 2.75) is 18.8 Å². The van der Waals surface area contributed by atoms with Crippen LogP contribution in [-0.2, 0) is 0 Å². The molecule has 3 nitrogen and oxygen atoms in total. The molecule has 100 valence electrons. The molecule has 0 atom stereocenters. The van der Waals surface area contributed by atoms with Crippen LogP contribution in [0.15, 0.2) is 10.5 Å². The largest absolute Gasteiger partial charge is 0.493 e. The minimum Gasteiger partial charge on any atom is -0.493 e. The molecule has 0 aromatic heterocycles. The van der Waals surface area contributed by atoms with Gasteiger partial charge >= 0.3 is 0 Å². The fourth-order valence-corrected chi connectivity index (χ4v) is 3.13. The van der Waals surface area contributed by atoms with E-state index < -0.39 is 0 Å². The first kappa shape index (κ1) is 13.6. The summed E-state index contributed by atoms with van der Waals surface area (Å²) >= 11 is 3.44. The molecule has 5 heteroatoms. The number of ether oxygens (including phenoxy) is 2. The van der Waals surface area contributed by atoms with E-state index in [-0.39, 0.29) is 17.5 Å². The van der Waals surface area contributed by atoms with Gasteiger partial charge in [-0.2, -0.15) is 0 Å². The monoisotopic (exact) mass is 317 g/mol. The Morgan fingerprint density at radius 2 is 1.94 bits per heavy atom. The second-order valence-electron chi connectivity index (χ2n) is 4.35. The Morgan fingerprint density at radius 1 is 1.28 bits per heavy atom. The van der Waals surface area contributed by atoms with Gasteiger partial charge < -0.3 is 14.8 Å². The zero-order valence-corrected chi connectivity index (χ0v) is 12.1. The van der Waals surface area contributed by atoms with Crippen molar-refractivity contribution in [2.75, 3.05) is 27.3 Å². The fourth-order valence-electron chi connectivity index (χ4n) is 2.42. The van der Waals surface area contributed by atoms with E-state index in [1.807, 2.05) is 0 Å². The summed E-state index contributed by atoms with van der Waals surface area (Å²) < 4.78 is 25.5. The van der Waals surface area contributed by atoms with Crippen LogP contribution in [0, 0.1) is 5.82 Å². The van der Waals surface area contributed by atoms with Crippen molar-refractivity contribution in [2.24, 2.45) is 0 Å². The number of piperidine rings is 1. The molecule has 0 radical (unpaired) electrons. The summed E-state index contributed by atoms with van der Waals surface area (Å²) in [5.41, 5.74) is 0.703. The van der Waals surface area contributed by atoms with Crippen molar-refractivity contribution in [3.63, 3.8) is 0 Å². The maximum absolute atomic E-state index is 14.5. The van der Waals surface area contributed by atoms with Gasteiger partial charge in [-0.25, -0.2) is 4.39 Å². The highest BCUT2D eigenvalue weighted by molar-refractivity contribution is 9.10. The summed E-state index contributed by atoms with van der Waals surface area (Å²) in [6, 6.07) is 1.78. The van der Waals surface area contributed by atoms with Crippen LogP contribution in [0.5, 0.6) is 11.5 Å². The molecule has 1 aromatic carbocycles. The van der Waals surface area contributed by atoms with Gasteiger partial charge in [0, 0.05) is 10.0 Å². The normalized spacial score (nSPS) is 16.7. The Labute approximate surface area is 115 Å². The van der Waals surface area contributed by atoms with E-state index in [0.717, 1.165) is 30.4 Å². The lowest BCUT2D eigenvalue weighted by Gasteiger charge is -2.25. The predicted octanol–water partition coefficient (Wildman–Crippen LogP) is 3.07. The third-order valence-corrected chi connectivity index (χ3v) is 4.00. The zero-order chi connectivity index (χ0) is 13.1. The fraction of sp³-hybridized carbons (Fsp3) is 0.538. The zero-order valence-electron chi connectivity index (χ0n) is 10.6. The first-order chi connectivity index (χ1) is 8.69. The Balaban J connectivity index is 2.46. The average molecular weight is 318 g/mol. The van der Waals surface area contributed by atoms with Crippen molar-refractivity contribution >= 4 is 15.9 Å². The van der Waals surface area contributed by atoms with Crippen molar-refractivity contribution < 1.29 is 13.9 Å². The van der Waals surface area contributed by atoms with Crippen LogP contribution in [0.1, 0.15) is 24.3 Å². The van der Waals surface area contributed by atoms with E-state index in [2.05, 4.69) is 21.2 Å². The number of hydrogen-bond acceptors (Lipinski definition) is 3. The first-order valence-corrected chi connectivity index (χ1v) is 6.79. The van der Waals surface area contributed by atoms with Crippen molar-refractivity contribution in [3.05, 3.63) is 21.9 Å². The van der Waals surface area contributed by atoms with E-state index in [4.69, 9.17) is 9.47 Å². The van der Waals surface area contributed by atoms with Gasteiger partial charge in [-0.15, -0.1) is 0 Å². The van der Waals surface area contributed by atoms with E-state index in [0.29, 0.717) is 11.3 Å². The highest BCUT2D eigenvalue weighted by Crippen LogP contribution is 2.42. The summed E-state index contributed by atoms with van der Waals surface area (Å²) in [5.74, 6) is 0.518. The van der Waals surface area contributed by atoms with E-state index >= 15 is 0 Å². The van der Waals surface area contributed by atoms with Gasteiger partial charge in [0.05, 0.1) is 14.2 Å². The molecule has 1 fully saturated rings. The van der Waals surface area contributed by atoms with Crippen LogP contribution in [-0.4, -0.2) is 27.3 Å². The van der Waals surface area contributed by atoms with Gasteiger partial charge in [-0.3, -0.25) is 0 Å². The molecule has 1 aromatic rings. The maximum Gasteiger partial charge on any atom is 0.197 e. The molecule has 18 heavy (non-hydrogen) atoms. The molecule has 0 unspecified atom stereocenters. The summed E-state index contributed by atoms with van der Waals surface area (Å²) in [7, 11) is 2.97. The molecule has 0 amide bonds. The van der Waals surface area contributed by atoms with Crippen LogP contribution < -0.4 is 14.8 Å². The smallest absolute Gasteiger partial charge is 0.197 e. The molecule has 1 aliphatic heterocycles. The second-order valence-corrected chi connectivity index (χ2v) is 5.20. The lowest BCUT2D eigenvalue weighted by atomic mass is 9.89. The molecule has 1 heterocycles. The summed E-state index contributed by atoms with van der Waals surface area (Å²) in [6.45, 7) is 1.84. The quantitative estimate of drug-likeness (QED) is 0.929. The van der Waals surface area contributed by atoms with Gasteiger partial charge in [-0.05, 0) is 37.9 Å². The maximum atomic E-state index is 14.5. The number of methoxy groups -OCH3 is 2. The van der Waals surface area contributed by atoms with Crippen LogP contribution in [0.25, 0.3) is 0 Å². The minimum atomic E-state index is -0.310. The average Bonchev–Trinajstić information content (AvgIpc) is 2.39. The number of hydrogen-bond donors (Lipinski definition) is 1. The minimum absolute atomic E-state index is 0.189. The van der Waals surface area contributed by atoms with Crippen LogP contribution >= 0.6 is 15.9 Å². The molecule has 1 saturated heterocycles. The van der Waals surface area contributed by atoms with Gasteiger partial charge in [0.15, 0.2) is 17.3 Å². The molecule has 0 saturated carbocycles. The lowest BCUT2D eigenvalue weighted by molar-refractivity contribution is 0.332. The van der Waals surface area contributed by atoms with Gasteiger partial charge in [-0.1, -0.05) is 15.9 Å². The molecule has 1 aliphatic rings. The summed E-state index contributed by atoms with van der Waals surface area (Å²) in [5, 5.41) is 3.28. The molecule has 0 aliphatic carbocycles. The highest BCUT2D eigenvalue weighted by Gasteiger charge is 2.26. The van der Waals surface area contributed by atoms with Gasteiger partial charge in [0.2, 0.25) is 0 Å². The lowest BCUT2D eigenvalue weighted by Crippen LogP contribution is -2.27. The van der Waals surface area contributed by atoms with Crippen molar-refractivity contribution in [3.8, 4) is 11.5 Å². The number of halogens is 2. The number of nitrogens with one attached hydrogen (secondary N) is 1. The van der Waals surface area contributed by atoms with Crippen molar-refractivity contribution in [1.82, 2.24) is 5.32 Å². The molecular weight excluding hydrogens is 301 g/mol. The predicted molar refractivity (Wildman–Crippen MR) is 72.0 cm³/mol. The Hall–Kier alpha value is -0.810. The highest BCUT2D eigenvalue weighted by atomic mass is 79.9. The van der Waals surface area contributed by atoms with Crippen LogP contribution in [0.4, 0.5) is 4.39 Å². The standard InChI is InChI=1S/C13H17BrFNO2/c1-17-10-7-9(14)11(12(15)13(10)18-2)8-3-5-16-6-4-8/h7-8,16H,3-6H2,1-2H3. The van der Waals surface area contributed by atoms with E-state index in [1.165, 1.54) is 14.2 Å². The van der Waals surface area contributed by atoms with Gasteiger partial charge in [0.1, 0.15) is 0 Å². The van der Waals surface area contributed by atoms with Crippen molar-refractivity contribution in [1.29, 1.82) is 0 Å². The molecule has 1 N–H and O–H groups in total. The SMILES string of the molecule is COc1cc(Br)c(C2CCNCC2)c(F)c1OC. The van der Waals surface area contributed by atoms with Gasteiger partial charge in [0.25, 0.3) is 0 Å². The third-order valence-electron chi connectivity index (χ3n) is 3.35. The molecular formula is C13H17BrFNO2. The Morgan fingerprint density at radius 3 is 2.50 bits per heavy atom. The van der Waals surface area contributed by atoms with E-state index in [1.54, 1.807) is 6.07 Å². The van der Waals surface area contributed by atoms with E-state index in [9.17, 15) is 4.39 Å². The summed E-state index contributed by atoms with van der Waals surface area (Å²) in [6.07, 6.45) is 1.87. The molecule has 0 spiro atoms. The Bertz CT molecular complexity index is 433. The number of benzene rings is 1. The second kappa shape index (κ2) is 5.89. The third kappa shape index (κ3) is 2.47. The molecule has 2 rings (SSSR count). The Kier molecular flexibility index (Phi) is 4.45. The van der Waals surface area contributed by atoms with Crippen LogP contribution in [0.3, 0.4) is 0 Å². The van der Waals surface area contributed by atoms with Crippen LogP contribution in [0.2, 0.25) is 0 Å². The number of rotatable bonds is 3. The summed E-state index contributed by atoms with van der Waals surface area (Å²) in [4.78, 5) is 0. The molecule has 0 bridgehead atoms.